The summed E-state index contributed by atoms with van der Waals surface area (Å²) in [6.45, 7) is -0.0289. The van der Waals surface area contributed by atoms with E-state index in [0.29, 0.717) is 11.1 Å². The topological polar surface area (TPSA) is 85.4 Å². The molecule has 8 nitrogen and oxygen atoms in total. The Kier molecular flexibility index (Phi) is 6.98. The third-order valence-electron chi connectivity index (χ3n) is 6.05. The lowest BCUT2D eigenvalue weighted by Crippen LogP contribution is -2.39. The molecule has 2 aliphatic rings. The fourth-order valence-corrected chi connectivity index (χ4v) is 4.17. The van der Waals surface area contributed by atoms with Gasteiger partial charge in [-0.1, -0.05) is 36.4 Å². The number of esters is 2. The van der Waals surface area contributed by atoms with E-state index in [2.05, 4.69) is 0 Å². The monoisotopic (exact) mass is 464 g/mol. The van der Waals surface area contributed by atoms with Gasteiger partial charge in [0.15, 0.2) is 0 Å². The van der Waals surface area contributed by atoms with Crippen molar-refractivity contribution in [3.8, 4) is 0 Å². The summed E-state index contributed by atoms with van der Waals surface area (Å²) in [5.41, 5.74) is 0.879. The van der Waals surface area contributed by atoms with Gasteiger partial charge in [0.2, 0.25) is 5.91 Å². The molecule has 5 atom stereocenters. The molecule has 8 heteroatoms. The highest BCUT2D eigenvalue weighted by atomic mass is 16.6. The van der Waals surface area contributed by atoms with Crippen LogP contribution in [0.25, 0.3) is 0 Å². The molecule has 3 unspecified atom stereocenters. The van der Waals surface area contributed by atoms with E-state index in [0.717, 1.165) is 0 Å². The van der Waals surface area contributed by atoms with E-state index in [9.17, 15) is 14.4 Å². The van der Waals surface area contributed by atoms with Gasteiger partial charge < -0.3 is 24.0 Å². The zero-order valence-corrected chi connectivity index (χ0v) is 19.4. The average Bonchev–Trinajstić information content (AvgIpc) is 3.46. The van der Waals surface area contributed by atoms with E-state index in [1.54, 1.807) is 68.8 Å². The molecule has 1 heterocycles. The summed E-state index contributed by atoms with van der Waals surface area (Å²) in [4.78, 5) is 40.4. The van der Waals surface area contributed by atoms with E-state index >= 15 is 0 Å². The van der Waals surface area contributed by atoms with E-state index in [1.807, 2.05) is 24.1 Å². The van der Waals surface area contributed by atoms with Crippen LogP contribution in [0.3, 0.4) is 0 Å². The van der Waals surface area contributed by atoms with Crippen molar-refractivity contribution in [2.45, 2.75) is 24.4 Å². The minimum atomic E-state index is -0.591. The van der Waals surface area contributed by atoms with Crippen molar-refractivity contribution in [2.24, 2.45) is 5.92 Å². The minimum Gasteiger partial charge on any atom is -0.459 e. The van der Waals surface area contributed by atoms with Crippen molar-refractivity contribution in [1.29, 1.82) is 0 Å². The number of hydrogen-bond acceptors (Lipinski definition) is 7. The number of amides is 1. The summed E-state index contributed by atoms with van der Waals surface area (Å²) in [6, 6.07) is 17.4. The highest BCUT2D eigenvalue weighted by Gasteiger charge is 2.67. The Morgan fingerprint density at radius 2 is 1.50 bits per heavy atom. The number of benzene rings is 2. The number of hydrogen-bond donors (Lipinski definition) is 0. The molecule has 2 fully saturated rings. The predicted octanol–water partition coefficient (Wildman–Crippen LogP) is 2.37. The lowest BCUT2D eigenvalue weighted by Gasteiger charge is -2.26. The molecule has 1 saturated carbocycles. The van der Waals surface area contributed by atoms with E-state index in [-0.39, 0.29) is 30.6 Å². The average molecular weight is 465 g/mol. The Hall–Kier alpha value is -3.65. The quantitative estimate of drug-likeness (QED) is 0.438. The molecule has 0 bridgehead atoms. The van der Waals surface area contributed by atoms with Crippen LogP contribution in [0.5, 0.6) is 0 Å². The summed E-state index contributed by atoms with van der Waals surface area (Å²) in [6.07, 6.45) is 1.82. The SMILES string of the molecule is CN(C)C(=O)/C=C\N(C)[C@H]1C2O[C@@H](COC(=O)c3ccccc3)C(OC(=O)c3ccccc3)C21. The first kappa shape index (κ1) is 23.5. The molecule has 2 aromatic rings. The maximum absolute atomic E-state index is 12.8. The Bertz CT molecular complexity index is 1060. The highest BCUT2D eigenvalue weighted by Crippen LogP contribution is 2.50. The number of carbonyl (C=O) groups excluding carboxylic acids is 3. The molecule has 0 radical (unpaired) electrons. The van der Waals surface area contributed by atoms with E-state index < -0.39 is 24.1 Å². The molecule has 1 saturated heterocycles. The normalized spacial score (nSPS) is 24.9. The zero-order chi connectivity index (χ0) is 24.2. The van der Waals surface area contributed by atoms with Gasteiger partial charge in [0.05, 0.1) is 23.3 Å². The van der Waals surface area contributed by atoms with Crippen LogP contribution >= 0.6 is 0 Å². The highest BCUT2D eigenvalue weighted by molar-refractivity contribution is 5.90. The van der Waals surface area contributed by atoms with Crippen LogP contribution in [0.4, 0.5) is 0 Å². The summed E-state index contributed by atoms with van der Waals surface area (Å²) in [5.74, 6) is -1.15. The molecule has 34 heavy (non-hydrogen) atoms. The Balaban J connectivity index is 1.44. The second-order valence-electron chi connectivity index (χ2n) is 8.62. The number of ether oxygens (including phenoxy) is 3. The Labute approximate surface area is 198 Å². The number of carbonyl (C=O) groups is 3. The first-order valence-corrected chi connectivity index (χ1v) is 11.1. The summed E-state index contributed by atoms with van der Waals surface area (Å²) in [5, 5.41) is 0. The first-order chi connectivity index (χ1) is 16.4. The molecular weight excluding hydrogens is 436 g/mol. The summed E-state index contributed by atoms with van der Waals surface area (Å²) in [7, 11) is 5.22. The van der Waals surface area contributed by atoms with Crippen molar-refractivity contribution in [3.05, 3.63) is 84.1 Å². The van der Waals surface area contributed by atoms with Gasteiger partial charge in [-0.3, -0.25) is 4.79 Å². The molecular formula is C26H28N2O6. The van der Waals surface area contributed by atoms with Crippen molar-refractivity contribution in [2.75, 3.05) is 27.7 Å². The maximum atomic E-state index is 12.8. The van der Waals surface area contributed by atoms with Gasteiger partial charge in [0.1, 0.15) is 18.8 Å². The van der Waals surface area contributed by atoms with Crippen LogP contribution in [0.2, 0.25) is 0 Å². The lowest BCUT2D eigenvalue weighted by molar-refractivity contribution is -0.123. The van der Waals surface area contributed by atoms with Gasteiger partial charge >= 0.3 is 11.9 Å². The molecule has 0 spiro atoms. The van der Waals surface area contributed by atoms with Gasteiger partial charge in [-0.2, -0.15) is 0 Å². The molecule has 2 aromatic carbocycles. The van der Waals surface area contributed by atoms with Gasteiger partial charge in [-0.25, -0.2) is 9.59 Å². The zero-order valence-electron chi connectivity index (χ0n) is 19.4. The molecule has 0 aromatic heterocycles. The predicted molar refractivity (Wildman–Crippen MR) is 124 cm³/mol. The van der Waals surface area contributed by atoms with Crippen molar-refractivity contribution in [3.63, 3.8) is 0 Å². The molecule has 0 N–H and O–H groups in total. The van der Waals surface area contributed by atoms with Gasteiger partial charge in [-0.15, -0.1) is 0 Å². The molecule has 1 amide bonds. The molecule has 1 aliphatic carbocycles. The van der Waals surface area contributed by atoms with Gasteiger partial charge in [-0.05, 0) is 24.3 Å². The number of nitrogens with zero attached hydrogens (tertiary/aromatic N) is 2. The number of fused-ring (bicyclic) bond motifs is 1. The van der Waals surface area contributed by atoms with Crippen LogP contribution in [-0.2, 0) is 19.0 Å². The summed E-state index contributed by atoms with van der Waals surface area (Å²) < 4.78 is 17.5. The fourth-order valence-electron chi connectivity index (χ4n) is 4.17. The van der Waals surface area contributed by atoms with Crippen molar-refractivity contribution >= 4 is 17.8 Å². The minimum absolute atomic E-state index is 0.0289. The van der Waals surface area contributed by atoms with Crippen LogP contribution in [0, 0.1) is 5.92 Å². The number of likely N-dealkylation sites (N-methyl/N-ethyl adjacent to an activating group) is 2. The molecule has 178 valence electrons. The summed E-state index contributed by atoms with van der Waals surface area (Å²) >= 11 is 0. The molecule has 4 rings (SSSR count). The van der Waals surface area contributed by atoms with E-state index in [1.165, 1.54) is 11.0 Å². The van der Waals surface area contributed by atoms with Crippen LogP contribution in [-0.4, -0.2) is 79.7 Å². The fraction of sp³-hybridized carbons (Fsp3) is 0.346. The molecule has 1 aliphatic heterocycles. The number of rotatable bonds is 8. The van der Waals surface area contributed by atoms with Crippen molar-refractivity contribution < 1.29 is 28.6 Å². The Morgan fingerprint density at radius 1 is 0.912 bits per heavy atom. The standard InChI is InChI=1S/C26H28N2O6/c1-27(2)20(29)14-15-28(3)22-21-23(34-26(31)18-12-8-5-9-13-18)19(33-24(21)22)16-32-25(30)17-10-6-4-7-11-17/h4-15,19,21-24H,16H2,1-3H3/b15-14-/t19-,21?,22+,23?,24?/m0/s1. The third kappa shape index (κ3) is 5.12. The van der Waals surface area contributed by atoms with Crippen molar-refractivity contribution in [1.82, 2.24) is 9.80 Å². The largest absolute Gasteiger partial charge is 0.459 e. The third-order valence-corrected chi connectivity index (χ3v) is 6.05. The van der Waals surface area contributed by atoms with Crippen LogP contribution < -0.4 is 0 Å². The van der Waals surface area contributed by atoms with Crippen LogP contribution in [0.15, 0.2) is 72.9 Å². The Morgan fingerprint density at radius 3 is 2.09 bits per heavy atom. The smallest absolute Gasteiger partial charge is 0.338 e. The second kappa shape index (κ2) is 10.1. The second-order valence-corrected chi connectivity index (χ2v) is 8.62. The lowest BCUT2D eigenvalue weighted by atomic mass is 10.1. The van der Waals surface area contributed by atoms with Gasteiger partial charge in [0.25, 0.3) is 0 Å². The maximum Gasteiger partial charge on any atom is 0.338 e. The first-order valence-electron chi connectivity index (χ1n) is 11.1. The van der Waals surface area contributed by atoms with Crippen LogP contribution in [0.1, 0.15) is 20.7 Å². The van der Waals surface area contributed by atoms with E-state index in [4.69, 9.17) is 14.2 Å². The van der Waals surface area contributed by atoms with Gasteiger partial charge in [0, 0.05) is 39.3 Å².